The van der Waals surface area contributed by atoms with E-state index in [9.17, 15) is 9.18 Å². The summed E-state index contributed by atoms with van der Waals surface area (Å²) in [6, 6.07) is 4.61. The summed E-state index contributed by atoms with van der Waals surface area (Å²) in [5, 5.41) is 3.69. The van der Waals surface area contributed by atoms with Gasteiger partial charge in [0.2, 0.25) is 0 Å². The van der Waals surface area contributed by atoms with Crippen LogP contribution >= 0.6 is 23.7 Å². The predicted octanol–water partition coefficient (Wildman–Crippen LogP) is 3.24. The second kappa shape index (κ2) is 7.57. The van der Waals surface area contributed by atoms with Gasteiger partial charge in [-0.25, -0.2) is 4.39 Å². The second-order valence-electron chi connectivity index (χ2n) is 4.45. The Balaban J connectivity index is 0.00000200. The summed E-state index contributed by atoms with van der Waals surface area (Å²) < 4.78 is 14.1. The van der Waals surface area contributed by atoms with Crippen LogP contribution in [0.1, 0.15) is 28.1 Å². The number of thiophene rings is 1. The smallest absolute Gasteiger partial charge is 0.261 e. The first-order valence-electron chi connectivity index (χ1n) is 6.30. The van der Waals surface area contributed by atoms with Crippen LogP contribution in [-0.2, 0) is 0 Å². The van der Waals surface area contributed by atoms with E-state index in [2.05, 4.69) is 5.32 Å². The molecule has 1 heterocycles. The number of benzene rings is 1. The Morgan fingerprint density at radius 2 is 2.15 bits per heavy atom. The summed E-state index contributed by atoms with van der Waals surface area (Å²) in [5.74, 6) is -0.362. The van der Waals surface area contributed by atoms with Crippen LogP contribution in [0.25, 0.3) is 10.1 Å². The maximum absolute atomic E-state index is 13.2. The second-order valence-corrected chi connectivity index (χ2v) is 5.50. The molecule has 20 heavy (non-hydrogen) atoms. The van der Waals surface area contributed by atoms with Crippen molar-refractivity contribution < 1.29 is 9.18 Å². The van der Waals surface area contributed by atoms with E-state index in [-0.39, 0.29) is 24.1 Å². The zero-order valence-corrected chi connectivity index (χ0v) is 12.9. The van der Waals surface area contributed by atoms with Gasteiger partial charge in [-0.3, -0.25) is 4.79 Å². The normalized spacial score (nSPS) is 10.3. The minimum Gasteiger partial charge on any atom is -0.351 e. The molecule has 0 unspecified atom stereocenters. The standard InChI is InChI=1S/C14H17FN2OS.ClH/c1-9-11-8-10(15)4-5-12(11)19-13(9)14(18)17-7-3-2-6-16;/h4-5,8H,2-3,6-7,16H2,1H3,(H,17,18);1H. The van der Waals surface area contributed by atoms with Crippen LogP contribution in [0.2, 0.25) is 0 Å². The number of nitrogens with one attached hydrogen (secondary N) is 1. The molecule has 2 aromatic rings. The first kappa shape index (κ1) is 16.9. The number of rotatable bonds is 5. The van der Waals surface area contributed by atoms with Crippen LogP contribution in [0.5, 0.6) is 0 Å². The molecule has 110 valence electrons. The number of aryl methyl sites for hydroxylation is 1. The summed E-state index contributed by atoms with van der Waals surface area (Å²) >= 11 is 1.40. The molecule has 0 saturated carbocycles. The molecule has 0 saturated heterocycles. The number of hydrogen-bond donors (Lipinski definition) is 2. The molecule has 1 amide bonds. The Morgan fingerprint density at radius 1 is 1.40 bits per heavy atom. The molecule has 6 heteroatoms. The Bertz CT molecular complexity index is 600. The molecule has 0 aliphatic rings. The van der Waals surface area contributed by atoms with Crippen molar-refractivity contribution in [1.82, 2.24) is 5.32 Å². The van der Waals surface area contributed by atoms with Crippen molar-refractivity contribution in [2.45, 2.75) is 19.8 Å². The molecular formula is C14H18ClFN2OS. The molecule has 2 rings (SSSR count). The minimum atomic E-state index is -0.275. The Kier molecular flexibility index (Phi) is 6.39. The monoisotopic (exact) mass is 316 g/mol. The lowest BCUT2D eigenvalue weighted by atomic mass is 10.1. The number of carbonyl (C=O) groups excluding carboxylic acids is 1. The molecule has 0 spiro atoms. The van der Waals surface area contributed by atoms with Crippen LogP contribution < -0.4 is 11.1 Å². The van der Waals surface area contributed by atoms with E-state index < -0.39 is 0 Å². The van der Waals surface area contributed by atoms with Gasteiger partial charge in [0.05, 0.1) is 4.88 Å². The molecule has 0 aliphatic carbocycles. The van der Waals surface area contributed by atoms with Crippen molar-refractivity contribution in [3.05, 3.63) is 34.5 Å². The molecule has 3 nitrogen and oxygen atoms in total. The van der Waals surface area contributed by atoms with Gasteiger partial charge in [-0.05, 0) is 55.5 Å². The highest BCUT2D eigenvalue weighted by atomic mass is 35.5. The third-order valence-corrected chi connectivity index (χ3v) is 4.29. The number of nitrogens with two attached hydrogens (primary N) is 1. The lowest BCUT2D eigenvalue weighted by molar-refractivity contribution is 0.0956. The van der Waals surface area contributed by atoms with Crippen molar-refractivity contribution in [2.75, 3.05) is 13.1 Å². The summed E-state index contributed by atoms with van der Waals surface area (Å²) in [5.41, 5.74) is 6.24. The number of halogens is 2. The van der Waals surface area contributed by atoms with Crippen LogP contribution in [0, 0.1) is 12.7 Å². The fourth-order valence-electron chi connectivity index (χ4n) is 1.96. The molecule has 0 atom stereocenters. The average Bonchev–Trinajstić information content (AvgIpc) is 2.72. The zero-order chi connectivity index (χ0) is 13.8. The Labute approximate surface area is 127 Å². The van der Waals surface area contributed by atoms with Crippen LogP contribution in [0.3, 0.4) is 0 Å². The van der Waals surface area contributed by atoms with E-state index >= 15 is 0 Å². The summed E-state index contributed by atoms with van der Waals surface area (Å²) in [6.45, 7) is 3.11. The zero-order valence-electron chi connectivity index (χ0n) is 11.2. The summed E-state index contributed by atoms with van der Waals surface area (Å²) in [6.07, 6.45) is 1.78. The quantitative estimate of drug-likeness (QED) is 0.832. The topological polar surface area (TPSA) is 55.1 Å². The number of carbonyl (C=O) groups is 1. The van der Waals surface area contributed by atoms with E-state index in [1.54, 1.807) is 6.07 Å². The fourth-order valence-corrected chi connectivity index (χ4v) is 3.07. The largest absolute Gasteiger partial charge is 0.351 e. The number of amides is 1. The third kappa shape index (κ3) is 3.69. The number of fused-ring (bicyclic) bond motifs is 1. The third-order valence-electron chi connectivity index (χ3n) is 3.02. The van der Waals surface area contributed by atoms with Gasteiger partial charge in [0.15, 0.2) is 0 Å². The van der Waals surface area contributed by atoms with Crippen LogP contribution in [-0.4, -0.2) is 19.0 Å². The first-order valence-corrected chi connectivity index (χ1v) is 7.12. The van der Waals surface area contributed by atoms with Crippen molar-refractivity contribution in [3.63, 3.8) is 0 Å². The van der Waals surface area contributed by atoms with E-state index in [1.165, 1.54) is 23.5 Å². The molecule has 1 aromatic heterocycles. The molecule has 0 radical (unpaired) electrons. The minimum absolute atomic E-state index is 0. The molecule has 0 fully saturated rings. The highest BCUT2D eigenvalue weighted by Gasteiger charge is 2.15. The summed E-state index contributed by atoms with van der Waals surface area (Å²) in [7, 11) is 0. The first-order chi connectivity index (χ1) is 9.13. The van der Waals surface area contributed by atoms with Crippen molar-refractivity contribution >= 4 is 39.7 Å². The van der Waals surface area contributed by atoms with Gasteiger partial charge in [-0.1, -0.05) is 0 Å². The van der Waals surface area contributed by atoms with E-state index in [0.29, 0.717) is 18.0 Å². The molecule has 1 aromatic carbocycles. The van der Waals surface area contributed by atoms with E-state index in [0.717, 1.165) is 28.5 Å². The number of hydrogen-bond acceptors (Lipinski definition) is 3. The predicted molar refractivity (Wildman–Crippen MR) is 84.4 cm³/mol. The van der Waals surface area contributed by atoms with Gasteiger partial charge in [0.25, 0.3) is 5.91 Å². The Hall–Kier alpha value is -1.17. The summed E-state index contributed by atoms with van der Waals surface area (Å²) in [4.78, 5) is 12.7. The maximum atomic E-state index is 13.2. The fraction of sp³-hybridized carbons (Fsp3) is 0.357. The van der Waals surface area contributed by atoms with Gasteiger partial charge < -0.3 is 11.1 Å². The van der Waals surface area contributed by atoms with Gasteiger partial charge in [-0.15, -0.1) is 23.7 Å². The average molecular weight is 317 g/mol. The lowest BCUT2D eigenvalue weighted by Gasteiger charge is -2.03. The highest BCUT2D eigenvalue weighted by Crippen LogP contribution is 2.31. The van der Waals surface area contributed by atoms with Crippen molar-refractivity contribution in [3.8, 4) is 0 Å². The molecule has 0 aliphatic heterocycles. The molecule has 0 bridgehead atoms. The highest BCUT2D eigenvalue weighted by molar-refractivity contribution is 7.21. The Morgan fingerprint density at radius 3 is 2.85 bits per heavy atom. The lowest BCUT2D eigenvalue weighted by Crippen LogP contribution is -2.24. The SMILES string of the molecule is Cc1c(C(=O)NCCCCN)sc2ccc(F)cc12.Cl. The van der Waals surface area contributed by atoms with Gasteiger partial charge in [0.1, 0.15) is 5.82 Å². The molecular weight excluding hydrogens is 299 g/mol. The van der Waals surface area contributed by atoms with Crippen molar-refractivity contribution in [2.24, 2.45) is 5.73 Å². The van der Waals surface area contributed by atoms with E-state index in [1.807, 2.05) is 6.92 Å². The van der Waals surface area contributed by atoms with E-state index in [4.69, 9.17) is 5.73 Å². The molecule has 3 N–H and O–H groups in total. The van der Waals surface area contributed by atoms with Crippen LogP contribution in [0.15, 0.2) is 18.2 Å². The maximum Gasteiger partial charge on any atom is 0.261 e. The van der Waals surface area contributed by atoms with Crippen LogP contribution in [0.4, 0.5) is 4.39 Å². The van der Waals surface area contributed by atoms with Gasteiger partial charge in [0, 0.05) is 11.2 Å². The van der Waals surface area contributed by atoms with Crippen molar-refractivity contribution in [1.29, 1.82) is 0 Å². The van der Waals surface area contributed by atoms with Gasteiger partial charge in [-0.2, -0.15) is 0 Å². The number of unbranched alkanes of at least 4 members (excludes halogenated alkanes) is 1. The van der Waals surface area contributed by atoms with Gasteiger partial charge >= 0.3 is 0 Å².